The molecular formula is C24H30ClN7O. The third kappa shape index (κ3) is 4.42. The third-order valence-electron chi connectivity index (χ3n) is 7.00. The van der Waals surface area contributed by atoms with Crippen molar-refractivity contribution in [2.75, 3.05) is 23.3 Å². The summed E-state index contributed by atoms with van der Waals surface area (Å²) in [5, 5.41) is 3.90. The van der Waals surface area contributed by atoms with Gasteiger partial charge < -0.3 is 16.0 Å². The number of hydrogen-bond acceptors (Lipinski definition) is 7. The molecule has 2 aromatic heterocycles. The van der Waals surface area contributed by atoms with Gasteiger partial charge in [0.1, 0.15) is 5.52 Å². The average molecular weight is 468 g/mol. The monoisotopic (exact) mass is 467 g/mol. The first-order chi connectivity index (χ1) is 15.8. The molecule has 174 valence electrons. The summed E-state index contributed by atoms with van der Waals surface area (Å²) in [6.45, 7) is 6.01. The van der Waals surface area contributed by atoms with Crippen molar-refractivity contribution in [3.05, 3.63) is 46.0 Å². The van der Waals surface area contributed by atoms with E-state index in [0.717, 1.165) is 56.6 Å². The summed E-state index contributed by atoms with van der Waals surface area (Å²) >= 11 is 6.66. The molecule has 3 aromatic rings. The van der Waals surface area contributed by atoms with Crippen molar-refractivity contribution in [2.45, 2.75) is 57.5 Å². The highest BCUT2D eigenvalue weighted by atomic mass is 35.5. The molecule has 0 amide bonds. The van der Waals surface area contributed by atoms with Crippen LogP contribution < -0.4 is 21.5 Å². The van der Waals surface area contributed by atoms with Gasteiger partial charge in [0, 0.05) is 30.4 Å². The van der Waals surface area contributed by atoms with Crippen molar-refractivity contribution in [2.24, 2.45) is 11.7 Å². The molecule has 1 aliphatic carbocycles. The topological polar surface area (TPSA) is 102 Å². The Morgan fingerprint density at radius 3 is 2.64 bits per heavy atom. The van der Waals surface area contributed by atoms with Gasteiger partial charge in [0.05, 0.1) is 23.1 Å². The number of nitrogens with two attached hydrogens (primary N) is 1. The molecule has 33 heavy (non-hydrogen) atoms. The molecule has 1 saturated carbocycles. The minimum atomic E-state index is -0.204. The number of benzene rings is 1. The number of halogens is 1. The minimum Gasteiger partial charge on any atom is -0.370 e. The molecule has 3 N–H and O–H groups in total. The fourth-order valence-corrected chi connectivity index (χ4v) is 5.36. The lowest BCUT2D eigenvalue weighted by molar-refractivity contribution is 0.348. The Morgan fingerprint density at radius 1 is 1.15 bits per heavy atom. The summed E-state index contributed by atoms with van der Waals surface area (Å²) in [6, 6.07) is 6.05. The lowest BCUT2D eigenvalue weighted by Gasteiger charge is -2.27. The van der Waals surface area contributed by atoms with Gasteiger partial charge in [-0.2, -0.15) is 4.98 Å². The van der Waals surface area contributed by atoms with E-state index in [-0.39, 0.29) is 17.1 Å². The number of aromatic nitrogens is 4. The van der Waals surface area contributed by atoms with E-state index in [0.29, 0.717) is 28.1 Å². The predicted molar refractivity (Wildman–Crippen MR) is 132 cm³/mol. The highest BCUT2D eigenvalue weighted by Gasteiger charge is 2.33. The van der Waals surface area contributed by atoms with Crippen LogP contribution in [0.1, 0.15) is 52.0 Å². The molecule has 8 nitrogen and oxygen atoms in total. The second-order valence-electron chi connectivity index (χ2n) is 9.85. The van der Waals surface area contributed by atoms with Crippen LogP contribution in [0.5, 0.6) is 0 Å². The van der Waals surface area contributed by atoms with E-state index in [1.165, 1.54) is 6.20 Å². The number of nitrogens with zero attached hydrogens (tertiary/aromatic N) is 5. The number of anilines is 3. The third-order valence-corrected chi connectivity index (χ3v) is 7.31. The van der Waals surface area contributed by atoms with E-state index in [9.17, 15) is 4.79 Å². The quantitative estimate of drug-likeness (QED) is 0.577. The van der Waals surface area contributed by atoms with Crippen LogP contribution in [0.4, 0.5) is 17.3 Å². The van der Waals surface area contributed by atoms with Gasteiger partial charge in [-0.25, -0.2) is 9.97 Å². The summed E-state index contributed by atoms with van der Waals surface area (Å²) in [7, 11) is 0. The maximum atomic E-state index is 12.6. The fourth-order valence-electron chi connectivity index (χ4n) is 5.06. The predicted octanol–water partition coefficient (Wildman–Crippen LogP) is 4.26. The molecule has 0 bridgehead atoms. The van der Waals surface area contributed by atoms with Gasteiger partial charge in [0.2, 0.25) is 5.95 Å². The molecule has 1 saturated heterocycles. The van der Waals surface area contributed by atoms with E-state index < -0.39 is 0 Å². The normalized spacial score (nSPS) is 19.5. The first-order valence-corrected chi connectivity index (χ1v) is 12.0. The Bertz CT molecular complexity index is 1230. The molecule has 1 unspecified atom stereocenters. The second kappa shape index (κ2) is 8.57. The largest absolute Gasteiger partial charge is 0.370 e. The van der Waals surface area contributed by atoms with Gasteiger partial charge in [0.15, 0.2) is 5.65 Å². The first kappa shape index (κ1) is 22.1. The van der Waals surface area contributed by atoms with Crippen molar-refractivity contribution in [3.63, 3.8) is 0 Å². The van der Waals surface area contributed by atoms with Crippen molar-refractivity contribution < 1.29 is 0 Å². The Hall–Kier alpha value is -2.71. The van der Waals surface area contributed by atoms with Gasteiger partial charge in [-0.1, -0.05) is 24.4 Å². The van der Waals surface area contributed by atoms with Crippen molar-refractivity contribution in [1.82, 2.24) is 19.5 Å². The lowest BCUT2D eigenvalue weighted by Crippen LogP contribution is -2.42. The molecular weight excluding hydrogens is 438 g/mol. The zero-order chi connectivity index (χ0) is 23.2. The fraction of sp³-hybridized carbons (Fsp3) is 0.500. The van der Waals surface area contributed by atoms with Gasteiger partial charge in [-0.15, -0.1) is 0 Å². The molecule has 0 radical (unpaired) electrons. The smallest absolute Gasteiger partial charge is 0.270 e. The Balaban J connectivity index is 1.39. The zero-order valence-corrected chi connectivity index (χ0v) is 19.8. The van der Waals surface area contributed by atoms with E-state index >= 15 is 0 Å². The molecule has 1 aliphatic heterocycles. The zero-order valence-electron chi connectivity index (χ0n) is 19.1. The van der Waals surface area contributed by atoms with Crippen LogP contribution in [0.2, 0.25) is 5.02 Å². The number of hydrogen-bond donors (Lipinski definition) is 2. The Morgan fingerprint density at radius 2 is 1.94 bits per heavy atom. The van der Waals surface area contributed by atoms with Crippen LogP contribution in [0, 0.1) is 5.92 Å². The lowest BCUT2D eigenvalue weighted by atomic mass is 9.88. The van der Waals surface area contributed by atoms with Crippen LogP contribution in [-0.2, 0) is 0 Å². The van der Waals surface area contributed by atoms with E-state index in [2.05, 4.69) is 39.0 Å². The standard InChI is InChI=1S/C24H30ClN7O/c1-24(2,26)15-9-10-31(14-15)20-8-7-16(11-18(20)25)29-23-28-12-19-22(30-23)32(21(33)13-27-19)17-5-3-4-6-17/h7-8,11-13,15,17H,3-6,9-10,14,26H2,1-2H3,(H,28,29,30). The molecule has 3 heterocycles. The average Bonchev–Trinajstić information content (AvgIpc) is 3.46. The van der Waals surface area contributed by atoms with Gasteiger partial charge in [0.25, 0.3) is 5.56 Å². The minimum absolute atomic E-state index is 0.115. The molecule has 9 heteroatoms. The highest BCUT2D eigenvalue weighted by molar-refractivity contribution is 6.33. The van der Waals surface area contributed by atoms with E-state index in [4.69, 9.17) is 17.3 Å². The first-order valence-electron chi connectivity index (χ1n) is 11.6. The van der Waals surface area contributed by atoms with Crippen LogP contribution in [0.15, 0.2) is 35.4 Å². The number of fused-ring (bicyclic) bond motifs is 1. The molecule has 0 spiro atoms. The van der Waals surface area contributed by atoms with Crippen molar-refractivity contribution in [3.8, 4) is 0 Å². The van der Waals surface area contributed by atoms with Crippen LogP contribution in [0.25, 0.3) is 11.2 Å². The Labute approximate surface area is 198 Å². The summed E-state index contributed by atoms with van der Waals surface area (Å²) in [5.74, 6) is 0.847. The summed E-state index contributed by atoms with van der Waals surface area (Å²) in [4.78, 5) is 28.2. The van der Waals surface area contributed by atoms with Crippen molar-refractivity contribution in [1.29, 1.82) is 0 Å². The molecule has 2 aliphatic rings. The SMILES string of the molecule is CC(C)(N)C1CCN(c2ccc(Nc3ncc4ncc(=O)n(C5CCCC5)c4n3)cc2Cl)C1. The Kier molecular flexibility index (Phi) is 5.74. The highest BCUT2D eigenvalue weighted by Crippen LogP contribution is 2.35. The van der Waals surface area contributed by atoms with Gasteiger partial charge in [-0.3, -0.25) is 9.36 Å². The molecule has 2 fully saturated rings. The number of nitrogens with one attached hydrogen (secondary N) is 1. The van der Waals surface area contributed by atoms with Crippen molar-refractivity contribution >= 4 is 40.1 Å². The second-order valence-corrected chi connectivity index (χ2v) is 10.3. The summed E-state index contributed by atoms with van der Waals surface area (Å²) < 4.78 is 1.78. The number of rotatable bonds is 5. The van der Waals surface area contributed by atoms with Gasteiger partial charge >= 0.3 is 0 Å². The maximum Gasteiger partial charge on any atom is 0.270 e. The van der Waals surface area contributed by atoms with E-state index in [1.54, 1.807) is 10.8 Å². The maximum absolute atomic E-state index is 12.6. The molecule has 5 rings (SSSR count). The van der Waals surface area contributed by atoms with Crippen LogP contribution in [-0.4, -0.2) is 38.1 Å². The summed E-state index contributed by atoms with van der Waals surface area (Å²) in [5.41, 5.74) is 8.98. The van der Waals surface area contributed by atoms with Crippen LogP contribution >= 0.6 is 11.6 Å². The molecule has 1 aromatic carbocycles. The van der Waals surface area contributed by atoms with E-state index in [1.807, 2.05) is 18.2 Å². The van der Waals surface area contributed by atoms with Gasteiger partial charge in [-0.05, 0) is 57.2 Å². The summed E-state index contributed by atoms with van der Waals surface area (Å²) in [6.07, 6.45) is 8.31. The van der Waals surface area contributed by atoms with Crippen LogP contribution in [0.3, 0.4) is 0 Å². The molecule has 1 atom stereocenters.